The van der Waals surface area contributed by atoms with Crippen molar-refractivity contribution in [3.63, 3.8) is 0 Å². The summed E-state index contributed by atoms with van der Waals surface area (Å²) in [5.74, 6) is 1.73. The molecule has 0 heterocycles. The van der Waals surface area contributed by atoms with Crippen molar-refractivity contribution < 1.29 is 9.47 Å². The van der Waals surface area contributed by atoms with Gasteiger partial charge >= 0.3 is 0 Å². The monoisotopic (exact) mass is 263 g/mol. The summed E-state index contributed by atoms with van der Waals surface area (Å²) in [6, 6.07) is 8.00. The van der Waals surface area contributed by atoms with Crippen LogP contribution in [-0.4, -0.2) is 18.8 Å². The molecule has 3 heteroatoms. The fourth-order valence-corrected chi connectivity index (χ4v) is 2.60. The van der Waals surface area contributed by atoms with Crippen LogP contribution in [0.2, 0.25) is 0 Å². The van der Waals surface area contributed by atoms with E-state index in [-0.39, 0.29) is 12.1 Å². The molecule has 1 aromatic carbocycles. The summed E-state index contributed by atoms with van der Waals surface area (Å²) >= 11 is 0. The van der Waals surface area contributed by atoms with E-state index in [0.717, 1.165) is 24.3 Å². The molecule has 0 aromatic heterocycles. The van der Waals surface area contributed by atoms with E-state index in [0.29, 0.717) is 6.61 Å². The van der Waals surface area contributed by atoms with Crippen LogP contribution < -0.4 is 15.2 Å². The van der Waals surface area contributed by atoms with Crippen LogP contribution in [0.5, 0.6) is 11.5 Å². The maximum atomic E-state index is 6.24. The van der Waals surface area contributed by atoms with E-state index in [1.165, 1.54) is 25.7 Å². The summed E-state index contributed by atoms with van der Waals surface area (Å²) in [6.07, 6.45) is 7.29. The lowest BCUT2D eigenvalue weighted by molar-refractivity contribution is 0.144. The molecule has 1 saturated carbocycles. The van der Waals surface area contributed by atoms with Gasteiger partial charge in [0, 0.05) is 12.1 Å². The third kappa shape index (κ3) is 4.43. The second-order valence-electron chi connectivity index (χ2n) is 5.22. The summed E-state index contributed by atoms with van der Waals surface area (Å²) in [5, 5.41) is 0. The third-order valence-corrected chi connectivity index (χ3v) is 3.66. The summed E-state index contributed by atoms with van der Waals surface area (Å²) in [4.78, 5) is 0. The molecule has 1 aromatic rings. The first-order valence-electron chi connectivity index (χ1n) is 7.44. The van der Waals surface area contributed by atoms with Gasteiger partial charge in [0.1, 0.15) is 17.6 Å². The second kappa shape index (κ2) is 7.39. The Bertz CT molecular complexity index is 381. The molecule has 0 amide bonds. The summed E-state index contributed by atoms with van der Waals surface area (Å²) in [5.41, 5.74) is 6.24. The molecule has 1 aliphatic rings. The lowest BCUT2D eigenvalue weighted by Crippen LogP contribution is -2.39. The van der Waals surface area contributed by atoms with Crippen LogP contribution >= 0.6 is 0 Å². The van der Waals surface area contributed by atoms with Crippen molar-refractivity contribution in [2.75, 3.05) is 6.61 Å². The molecule has 2 rings (SSSR count). The van der Waals surface area contributed by atoms with Crippen molar-refractivity contribution in [1.29, 1.82) is 0 Å². The number of nitrogens with two attached hydrogens (primary N) is 1. The topological polar surface area (TPSA) is 44.5 Å². The zero-order valence-electron chi connectivity index (χ0n) is 11.8. The maximum Gasteiger partial charge on any atom is 0.123 e. The zero-order chi connectivity index (χ0) is 13.5. The predicted octanol–water partition coefficient (Wildman–Crippen LogP) is 3.51. The van der Waals surface area contributed by atoms with Gasteiger partial charge in [-0.3, -0.25) is 0 Å². The van der Waals surface area contributed by atoms with Crippen LogP contribution in [0.25, 0.3) is 0 Å². The average molecular weight is 263 g/mol. The largest absolute Gasteiger partial charge is 0.494 e. The van der Waals surface area contributed by atoms with E-state index in [1.54, 1.807) is 0 Å². The molecule has 2 unspecified atom stereocenters. The number of hydrogen-bond acceptors (Lipinski definition) is 3. The fourth-order valence-electron chi connectivity index (χ4n) is 2.60. The van der Waals surface area contributed by atoms with Crippen LogP contribution in [0.15, 0.2) is 24.3 Å². The molecule has 3 nitrogen and oxygen atoms in total. The van der Waals surface area contributed by atoms with Crippen molar-refractivity contribution in [1.82, 2.24) is 0 Å². The standard InChI is InChI=1S/C16H25NO2/c1-2-18-13-8-7-9-14(12-13)19-16-11-6-4-3-5-10-15(16)17/h7-9,12,15-16H,2-6,10-11,17H2,1H3. The molecular formula is C16H25NO2. The Morgan fingerprint density at radius 3 is 2.63 bits per heavy atom. The normalized spacial score (nSPS) is 24.3. The van der Waals surface area contributed by atoms with Gasteiger partial charge in [-0.05, 0) is 38.3 Å². The molecule has 2 N–H and O–H groups in total. The van der Waals surface area contributed by atoms with Gasteiger partial charge in [-0.1, -0.05) is 25.3 Å². The Hall–Kier alpha value is -1.22. The van der Waals surface area contributed by atoms with Crippen LogP contribution in [0.4, 0.5) is 0 Å². The van der Waals surface area contributed by atoms with E-state index < -0.39 is 0 Å². The summed E-state index contributed by atoms with van der Waals surface area (Å²) in [6.45, 7) is 2.66. The Morgan fingerprint density at radius 2 is 1.84 bits per heavy atom. The molecule has 0 bridgehead atoms. The molecule has 19 heavy (non-hydrogen) atoms. The van der Waals surface area contributed by atoms with Crippen LogP contribution in [-0.2, 0) is 0 Å². The lowest BCUT2D eigenvalue weighted by atomic mass is 9.95. The molecule has 1 aliphatic carbocycles. The highest BCUT2D eigenvalue weighted by Gasteiger charge is 2.21. The minimum absolute atomic E-state index is 0.136. The molecule has 0 aliphatic heterocycles. The van der Waals surface area contributed by atoms with Crippen LogP contribution in [0, 0.1) is 0 Å². The number of ether oxygens (including phenoxy) is 2. The Kier molecular flexibility index (Phi) is 5.52. The van der Waals surface area contributed by atoms with Gasteiger partial charge in [0.15, 0.2) is 0 Å². The van der Waals surface area contributed by atoms with Gasteiger partial charge in [0.05, 0.1) is 6.61 Å². The highest BCUT2D eigenvalue weighted by molar-refractivity contribution is 5.33. The van der Waals surface area contributed by atoms with Crippen molar-refractivity contribution in [3.05, 3.63) is 24.3 Å². The Balaban J connectivity index is 1.99. The molecule has 1 fully saturated rings. The lowest BCUT2D eigenvalue weighted by Gasteiger charge is -2.27. The molecule has 106 valence electrons. The zero-order valence-corrected chi connectivity index (χ0v) is 11.8. The minimum atomic E-state index is 0.136. The van der Waals surface area contributed by atoms with Crippen molar-refractivity contribution in [2.45, 2.75) is 57.6 Å². The van der Waals surface area contributed by atoms with Gasteiger partial charge in [0.2, 0.25) is 0 Å². The fraction of sp³-hybridized carbons (Fsp3) is 0.625. The predicted molar refractivity (Wildman–Crippen MR) is 77.7 cm³/mol. The van der Waals surface area contributed by atoms with Crippen LogP contribution in [0.1, 0.15) is 45.4 Å². The van der Waals surface area contributed by atoms with Crippen molar-refractivity contribution in [2.24, 2.45) is 5.73 Å². The van der Waals surface area contributed by atoms with E-state index in [4.69, 9.17) is 15.2 Å². The van der Waals surface area contributed by atoms with E-state index in [9.17, 15) is 0 Å². The molecular weight excluding hydrogens is 238 g/mol. The van der Waals surface area contributed by atoms with Gasteiger partial charge in [-0.15, -0.1) is 0 Å². The van der Waals surface area contributed by atoms with Crippen molar-refractivity contribution >= 4 is 0 Å². The number of rotatable bonds is 4. The summed E-state index contributed by atoms with van der Waals surface area (Å²) in [7, 11) is 0. The molecule has 0 radical (unpaired) electrons. The first-order valence-corrected chi connectivity index (χ1v) is 7.44. The van der Waals surface area contributed by atoms with Crippen molar-refractivity contribution in [3.8, 4) is 11.5 Å². The highest BCUT2D eigenvalue weighted by atomic mass is 16.5. The van der Waals surface area contributed by atoms with Gasteiger partial charge in [0.25, 0.3) is 0 Å². The Labute approximate surface area is 116 Å². The van der Waals surface area contributed by atoms with E-state index >= 15 is 0 Å². The number of benzene rings is 1. The highest BCUT2D eigenvalue weighted by Crippen LogP contribution is 2.24. The van der Waals surface area contributed by atoms with Gasteiger partial charge in [-0.25, -0.2) is 0 Å². The molecule has 0 saturated heterocycles. The first-order chi connectivity index (χ1) is 9.29. The quantitative estimate of drug-likeness (QED) is 0.904. The SMILES string of the molecule is CCOc1cccc(OC2CCCCCCC2N)c1. The number of hydrogen-bond donors (Lipinski definition) is 1. The third-order valence-electron chi connectivity index (χ3n) is 3.66. The molecule has 0 spiro atoms. The molecule has 2 atom stereocenters. The van der Waals surface area contributed by atoms with Gasteiger partial charge < -0.3 is 15.2 Å². The summed E-state index contributed by atoms with van der Waals surface area (Å²) < 4.78 is 11.6. The Morgan fingerprint density at radius 1 is 1.11 bits per heavy atom. The van der Waals surface area contributed by atoms with Crippen LogP contribution in [0.3, 0.4) is 0 Å². The second-order valence-corrected chi connectivity index (χ2v) is 5.22. The average Bonchev–Trinajstić information content (AvgIpc) is 2.39. The van der Waals surface area contributed by atoms with E-state index in [1.807, 2.05) is 31.2 Å². The smallest absolute Gasteiger partial charge is 0.123 e. The van der Waals surface area contributed by atoms with Gasteiger partial charge in [-0.2, -0.15) is 0 Å². The minimum Gasteiger partial charge on any atom is -0.494 e. The van der Waals surface area contributed by atoms with E-state index in [2.05, 4.69) is 0 Å². The maximum absolute atomic E-state index is 6.24. The first kappa shape index (κ1) is 14.2.